The molecular formula is C24H25F4N. The van der Waals surface area contributed by atoms with Crippen molar-refractivity contribution >= 4 is 0 Å². The van der Waals surface area contributed by atoms with Gasteiger partial charge in [-0.3, -0.25) is 0 Å². The molecule has 1 nitrogen and oxygen atoms in total. The lowest BCUT2D eigenvalue weighted by molar-refractivity contribution is -0.0745. The fourth-order valence-electron chi connectivity index (χ4n) is 4.36. The average Bonchev–Trinajstić information content (AvgIpc) is 2.69. The summed E-state index contributed by atoms with van der Waals surface area (Å²) in [6, 6.07) is 9.99. The van der Waals surface area contributed by atoms with Crippen molar-refractivity contribution in [2.24, 2.45) is 11.8 Å². The predicted molar refractivity (Wildman–Crippen MR) is 106 cm³/mol. The van der Waals surface area contributed by atoms with Crippen molar-refractivity contribution in [3.8, 4) is 17.2 Å². The topological polar surface area (TPSA) is 23.8 Å². The summed E-state index contributed by atoms with van der Waals surface area (Å²) in [6.45, 7) is 2.13. The molecular weight excluding hydrogens is 378 g/mol. The summed E-state index contributed by atoms with van der Waals surface area (Å²) >= 11 is 0. The van der Waals surface area contributed by atoms with E-state index in [1.54, 1.807) is 24.3 Å². The van der Waals surface area contributed by atoms with Crippen LogP contribution in [0.5, 0.6) is 0 Å². The van der Waals surface area contributed by atoms with E-state index in [2.05, 4.69) is 6.92 Å². The first-order valence-electron chi connectivity index (χ1n) is 10.2. The van der Waals surface area contributed by atoms with Gasteiger partial charge in [-0.1, -0.05) is 44.0 Å². The molecule has 5 heteroatoms. The van der Waals surface area contributed by atoms with E-state index >= 15 is 0 Å². The molecule has 0 amide bonds. The minimum atomic E-state index is -2.76. The fraction of sp³-hybridized carbons (Fsp3) is 0.458. The quantitative estimate of drug-likeness (QED) is 0.465. The normalized spacial score (nSPS) is 19.7. The van der Waals surface area contributed by atoms with Crippen LogP contribution < -0.4 is 0 Å². The van der Waals surface area contributed by atoms with Gasteiger partial charge in [0.1, 0.15) is 23.3 Å². The molecule has 0 saturated heterocycles. The molecule has 29 heavy (non-hydrogen) atoms. The molecule has 0 aromatic heterocycles. The van der Waals surface area contributed by atoms with E-state index in [-0.39, 0.29) is 12.0 Å². The Bertz CT molecular complexity index is 852. The van der Waals surface area contributed by atoms with Crippen LogP contribution in [0.2, 0.25) is 0 Å². The molecule has 0 unspecified atom stereocenters. The Morgan fingerprint density at radius 3 is 2.07 bits per heavy atom. The number of alkyl halides is 2. The Balaban J connectivity index is 1.68. The second-order valence-electron chi connectivity index (χ2n) is 8.07. The highest BCUT2D eigenvalue weighted by Gasteiger charge is 2.41. The van der Waals surface area contributed by atoms with Crippen LogP contribution in [0.1, 0.15) is 56.6 Å². The summed E-state index contributed by atoms with van der Waals surface area (Å²) in [5, 5.41) is 8.75. The van der Waals surface area contributed by atoms with E-state index in [9.17, 15) is 17.6 Å². The van der Waals surface area contributed by atoms with E-state index in [4.69, 9.17) is 5.26 Å². The van der Waals surface area contributed by atoms with Gasteiger partial charge in [0.25, 0.3) is 5.92 Å². The fourth-order valence-corrected chi connectivity index (χ4v) is 4.36. The van der Waals surface area contributed by atoms with E-state index in [1.165, 1.54) is 6.07 Å². The molecule has 3 rings (SSSR count). The van der Waals surface area contributed by atoms with Crippen molar-refractivity contribution in [2.75, 3.05) is 0 Å². The molecule has 0 spiro atoms. The number of hydrogen-bond acceptors (Lipinski definition) is 1. The van der Waals surface area contributed by atoms with Crippen LogP contribution in [-0.4, -0.2) is 5.92 Å². The van der Waals surface area contributed by atoms with Gasteiger partial charge in [0.2, 0.25) is 0 Å². The number of halogens is 4. The summed E-state index contributed by atoms with van der Waals surface area (Å²) in [5.41, 5.74) is 0.661. The van der Waals surface area contributed by atoms with Crippen LogP contribution in [-0.2, 0) is 6.42 Å². The highest BCUT2D eigenvalue weighted by atomic mass is 19.3. The summed E-state index contributed by atoms with van der Waals surface area (Å²) in [6.07, 6.45) is 4.79. The third-order valence-electron chi connectivity index (χ3n) is 6.02. The van der Waals surface area contributed by atoms with Crippen LogP contribution >= 0.6 is 0 Å². The number of rotatable bonds is 6. The summed E-state index contributed by atoms with van der Waals surface area (Å²) < 4.78 is 57.2. The molecule has 2 aromatic rings. The zero-order valence-corrected chi connectivity index (χ0v) is 16.5. The molecule has 0 aliphatic heterocycles. The summed E-state index contributed by atoms with van der Waals surface area (Å²) in [4.78, 5) is 0. The molecule has 0 atom stereocenters. The Morgan fingerprint density at radius 1 is 0.966 bits per heavy atom. The first kappa shape index (κ1) is 21.4. The Kier molecular flexibility index (Phi) is 6.62. The summed E-state index contributed by atoms with van der Waals surface area (Å²) in [7, 11) is 0. The second kappa shape index (κ2) is 8.98. The van der Waals surface area contributed by atoms with Gasteiger partial charge < -0.3 is 0 Å². The van der Waals surface area contributed by atoms with E-state index < -0.39 is 29.0 Å². The van der Waals surface area contributed by atoms with Gasteiger partial charge in [0, 0.05) is 12.3 Å². The largest absolute Gasteiger partial charge is 0.254 e. The molecule has 0 heterocycles. The van der Waals surface area contributed by atoms with Gasteiger partial charge in [-0.25, -0.2) is 17.6 Å². The Morgan fingerprint density at radius 2 is 1.55 bits per heavy atom. The summed E-state index contributed by atoms with van der Waals surface area (Å²) in [5.74, 6) is -4.63. The maximum absolute atomic E-state index is 14.8. The number of nitrogens with zero attached hydrogens (tertiary/aromatic N) is 1. The Hall–Kier alpha value is -2.35. The molecule has 0 N–H and O–H groups in total. The van der Waals surface area contributed by atoms with Gasteiger partial charge in [0.15, 0.2) is 0 Å². The van der Waals surface area contributed by atoms with Crippen molar-refractivity contribution in [3.05, 3.63) is 59.2 Å². The van der Waals surface area contributed by atoms with Crippen LogP contribution in [0, 0.1) is 34.8 Å². The second-order valence-corrected chi connectivity index (χ2v) is 8.07. The molecule has 2 aromatic carbocycles. The van der Waals surface area contributed by atoms with Crippen LogP contribution in [0.25, 0.3) is 11.1 Å². The molecule has 1 aliphatic rings. The lowest BCUT2D eigenvalue weighted by Crippen LogP contribution is -2.34. The van der Waals surface area contributed by atoms with Gasteiger partial charge in [-0.05, 0) is 60.4 Å². The van der Waals surface area contributed by atoms with E-state index in [0.29, 0.717) is 29.9 Å². The monoisotopic (exact) mass is 403 g/mol. The maximum Gasteiger partial charge on any atom is 0.254 e. The third kappa shape index (κ3) is 4.98. The Labute approximate surface area is 169 Å². The SMILES string of the molecule is CCCC1CCC(C(F)(F)Cc2ccc(-c3cc(F)c(C#N)c(F)c3)cc2)CC1. The van der Waals surface area contributed by atoms with E-state index in [1.807, 2.05) is 0 Å². The third-order valence-corrected chi connectivity index (χ3v) is 6.02. The first-order chi connectivity index (χ1) is 13.8. The van der Waals surface area contributed by atoms with Gasteiger partial charge in [0.05, 0.1) is 0 Å². The molecule has 0 radical (unpaired) electrons. The molecule has 154 valence electrons. The van der Waals surface area contributed by atoms with Crippen LogP contribution in [0.4, 0.5) is 17.6 Å². The van der Waals surface area contributed by atoms with Crippen molar-refractivity contribution < 1.29 is 17.6 Å². The van der Waals surface area contributed by atoms with Gasteiger partial charge in [-0.15, -0.1) is 0 Å². The van der Waals surface area contributed by atoms with Crippen molar-refractivity contribution in [1.29, 1.82) is 5.26 Å². The predicted octanol–water partition coefficient (Wildman–Crippen LogP) is 7.29. The highest BCUT2D eigenvalue weighted by Crippen LogP contribution is 2.41. The van der Waals surface area contributed by atoms with Gasteiger partial charge in [-0.2, -0.15) is 5.26 Å². The smallest absolute Gasteiger partial charge is 0.206 e. The number of benzene rings is 2. The van der Waals surface area contributed by atoms with Crippen molar-refractivity contribution in [3.63, 3.8) is 0 Å². The molecule has 1 aliphatic carbocycles. The molecule has 1 fully saturated rings. The first-order valence-corrected chi connectivity index (χ1v) is 10.2. The highest BCUT2D eigenvalue weighted by molar-refractivity contribution is 5.65. The molecule has 0 bridgehead atoms. The van der Waals surface area contributed by atoms with E-state index in [0.717, 1.165) is 37.8 Å². The molecule has 1 saturated carbocycles. The zero-order chi connectivity index (χ0) is 21.0. The average molecular weight is 403 g/mol. The van der Waals surface area contributed by atoms with Crippen LogP contribution in [0.3, 0.4) is 0 Å². The lowest BCUT2D eigenvalue weighted by Gasteiger charge is -2.33. The number of hydrogen-bond donors (Lipinski definition) is 0. The van der Waals surface area contributed by atoms with Crippen molar-refractivity contribution in [2.45, 2.75) is 57.8 Å². The zero-order valence-electron chi connectivity index (χ0n) is 16.5. The minimum Gasteiger partial charge on any atom is -0.206 e. The lowest BCUT2D eigenvalue weighted by atomic mass is 9.76. The number of nitriles is 1. The van der Waals surface area contributed by atoms with Crippen LogP contribution in [0.15, 0.2) is 36.4 Å². The van der Waals surface area contributed by atoms with Crippen molar-refractivity contribution in [1.82, 2.24) is 0 Å². The maximum atomic E-state index is 14.8. The van der Waals surface area contributed by atoms with Gasteiger partial charge >= 0.3 is 0 Å². The minimum absolute atomic E-state index is 0.270. The standard InChI is InChI=1S/C24H25F4N/c1-2-3-16-6-10-20(11-7-16)24(27,28)14-17-4-8-18(9-5-17)19-12-22(25)21(15-29)23(26)13-19/h4-5,8-9,12-13,16,20H,2-3,6-7,10-11,14H2,1H3.